The predicted octanol–water partition coefficient (Wildman–Crippen LogP) is 5.64. The maximum absolute atomic E-state index is 13.2. The molecule has 0 unspecified atom stereocenters. The summed E-state index contributed by atoms with van der Waals surface area (Å²) in [5.74, 6) is -0.371. The molecule has 4 rings (SSSR count). The summed E-state index contributed by atoms with van der Waals surface area (Å²) in [6.45, 7) is 0.900. The molecule has 0 saturated carbocycles. The van der Waals surface area contributed by atoms with E-state index in [0.29, 0.717) is 25.8 Å². The van der Waals surface area contributed by atoms with Crippen LogP contribution in [0.2, 0.25) is 0 Å². The number of hydrogen-bond donors (Lipinski definition) is 1. The van der Waals surface area contributed by atoms with Gasteiger partial charge in [0.25, 0.3) is 0 Å². The van der Waals surface area contributed by atoms with Crippen LogP contribution in [-0.2, 0) is 16.2 Å². The second-order valence-electron chi connectivity index (χ2n) is 9.49. The van der Waals surface area contributed by atoms with Crippen molar-refractivity contribution in [3.8, 4) is 6.01 Å². The van der Waals surface area contributed by atoms with Gasteiger partial charge in [-0.2, -0.15) is 45.6 Å². The number of aromatic nitrogens is 3. The summed E-state index contributed by atoms with van der Waals surface area (Å²) in [5, 5.41) is 2.60. The van der Waals surface area contributed by atoms with Crippen LogP contribution >= 0.6 is 0 Å². The molecule has 42 heavy (non-hydrogen) atoms. The molecule has 1 N–H and O–H groups in total. The predicted molar refractivity (Wildman–Crippen MR) is 142 cm³/mol. The Bertz CT molecular complexity index is 1450. The van der Waals surface area contributed by atoms with Gasteiger partial charge in [0.15, 0.2) is 6.61 Å². The molecule has 2 aromatic carbocycles. The topological polar surface area (TPSA) is 101 Å². The second-order valence-corrected chi connectivity index (χ2v) is 11.4. The summed E-state index contributed by atoms with van der Waals surface area (Å²) >= 11 is 0. The van der Waals surface area contributed by atoms with Crippen LogP contribution < -0.4 is 15.0 Å². The van der Waals surface area contributed by atoms with Crippen LogP contribution in [0.25, 0.3) is 0 Å². The molecular formula is C26H28F6N6O3S. The number of benzene rings is 2. The van der Waals surface area contributed by atoms with Crippen molar-refractivity contribution in [2.75, 3.05) is 36.5 Å². The molecule has 1 fully saturated rings. The van der Waals surface area contributed by atoms with Crippen molar-refractivity contribution < 1.29 is 39.5 Å². The SMILES string of the molecule is CCCN(c1nc(Nc2cccc(C(F)(F)F)c2)nc(OCC(F)(F)F)n1)C1CCN(S(=O)(=O)c2ccccc2)CC1. The molecule has 0 aliphatic carbocycles. The van der Waals surface area contributed by atoms with Gasteiger partial charge in [-0.15, -0.1) is 0 Å². The molecule has 0 spiro atoms. The van der Waals surface area contributed by atoms with Gasteiger partial charge in [0.2, 0.25) is 21.9 Å². The van der Waals surface area contributed by atoms with Crippen LogP contribution in [0.15, 0.2) is 59.5 Å². The van der Waals surface area contributed by atoms with Crippen LogP contribution in [-0.4, -0.2) is 66.1 Å². The monoisotopic (exact) mass is 618 g/mol. The Kier molecular flexibility index (Phi) is 9.45. The number of halogens is 6. The van der Waals surface area contributed by atoms with E-state index in [2.05, 4.69) is 20.3 Å². The van der Waals surface area contributed by atoms with E-state index < -0.39 is 40.6 Å². The van der Waals surface area contributed by atoms with Crippen molar-refractivity contribution >= 4 is 27.6 Å². The highest BCUT2D eigenvalue weighted by Gasteiger charge is 2.34. The third-order valence-electron chi connectivity index (χ3n) is 6.38. The minimum Gasteiger partial charge on any atom is -0.454 e. The fourth-order valence-corrected chi connectivity index (χ4v) is 5.96. The molecular weight excluding hydrogens is 590 g/mol. The highest BCUT2D eigenvalue weighted by atomic mass is 32.2. The number of alkyl halides is 6. The standard InChI is InChI=1S/C26H28F6N6O3S/c1-2-13-38(20-11-14-37(15-12-20)42(39,40)21-9-4-3-5-10-21)23-34-22(35-24(36-23)41-17-25(27,28)29)33-19-8-6-7-18(16-19)26(30,31)32/h3-10,16,20H,2,11-15,17H2,1H3,(H,33,34,35,36). The Balaban J connectivity index is 1.60. The largest absolute Gasteiger partial charge is 0.454 e. The Morgan fingerprint density at radius 1 is 0.976 bits per heavy atom. The number of nitrogens with zero attached hydrogens (tertiary/aromatic N) is 5. The van der Waals surface area contributed by atoms with Crippen molar-refractivity contribution in [2.24, 2.45) is 0 Å². The number of anilines is 3. The number of hydrogen-bond acceptors (Lipinski definition) is 8. The molecule has 1 aliphatic heterocycles. The first-order valence-electron chi connectivity index (χ1n) is 13.0. The van der Waals surface area contributed by atoms with E-state index in [1.807, 2.05) is 6.92 Å². The van der Waals surface area contributed by atoms with Gasteiger partial charge in [-0.05, 0) is 49.6 Å². The van der Waals surface area contributed by atoms with E-state index >= 15 is 0 Å². The molecule has 0 atom stereocenters. The van der Waals surface area contributed by atoms with Crippen molar-refractivity contribution in [1.29, 1.82) is 0 Å². The molecule has 0 radical (unpaired) electrons. The van der Waals surface area contributed by atoms with E-state index in [1.165, 1.54) is 22.5 Å². The van der Waals surface area contributed by atoms with Gasteiger partial charge in [0, 0.05) is 31.4 Å². The lowest BCUT2D eigenvalue weighted by molar-refractivity contribution is -0.154. The highest BCUT2D eigenvalue weighted by Crippen LogP contribution is 2.32. The van der Waals surface area contributed by atoms with E-state index in [-0.39, 0.29) is 41.6 Å². The van der Waals surface area contributed by atoms with Crippen molar-refractivity contribution in [1.82, 2.24) is 19.3 Å². The van der Waals surface area contributed by atoms with Crippen LogP contribution in [0.3, 0.4) is 0 Å². The first kappa shape index (κ1) is 31.3. The molecule has 1 aliphatic rings. The quantitative estimate of drug-likeness (QED) is 0.292. The first-order chi connectivity index (χ1) is 19.8. The first-order valence-corrected chi connectivity index (χ1v) is 14.4. The zero-order valence-corrected chi connectivity index (χ0v) is 23.2. The van der Waals surface area contributed by atoms with E-state index in [9.17, 15) is 34.8 Å². The van der Waals surface area contributed by atoms with Gasteiger partial charge in [0.05, 0.1) is 10.5 Å². The maximum atomic E-state index is 13.2. The van der Waals surface area contributed by atoms with Gasteiger partial charge in [0.1, 0.15) is 0 Å². The average molecular weight is 619 g/mol. The lowest BCUT2D eigenvalue weighted by atomic mass is 10.0. The lowest BCUT2D eigenvalue weighted by Crippen LogP contribution is -2.47. The van der Waals surface area contributed by atoms with Crippen LogP contribution in [0, 0.1) is 0 Å². The fraction of sp³-hybridized carbons (Fsp3) is 0.423. The van der Waals surface area contributed by atoms with Crippen molar-refractivity contribution in [3.05, 3.63) is 60.2 Å². The molecule has 3 aromatic rings. The molecule has 2 heterocycles. The minimum atomic E-state index is -4.69. The number of sulfonamides is 1. The summed E-state index contributed by atoms with van der Waals surface area (Å²) in [6.07, 6.45) is -7.99. The second kappa shape index (κ2) is 12.7. The zero-order chi connectivity index (χ0) is 30.5. The third-order valence-corrected chi connectivity index (χ3v) is 8.29. The Labute approximate surface area is 238 Å². The van der Waals surface area contributed by atoms with Gasteiger partial charge >= 0.3 is 18.4 Å². The lowest BCUT2D eigenvalue weighted by Gasteiger charge is -2.38. The maximum Gasteiger partial charge on any atom is 0.422 e. The molecule has 16 heteroatoms. The van der Waals surface area contributed by atoms with Crippen molar-refractivity contribution in [3.63, 3.8) is 0 Å². The Morgan fingerprint density at radius 2 is 1.67 bits per heavy atom. The number of piperidine rings is 1. The smallest absolute Gasteiger partial charge is 0.422 e. The molecule has 9 nitrogen and oxygen atoms in total. The van der Waals surface area contributed by atoms with Crippen molar-refractivity contribution in [2.45, 2.75) is 49.5 Å². The summed E-state index contributed by atoms with van der Waals surface area (Å²) < 4.78 is 111. The van der Waals surface area contributed by atoms with Gasteiger partial charge in [-0.1, -0.05) is 31.2 Å². The fourth-order valence-electron chi connectivity index (χ4n) is 4.47. The summed E-state index contributed by atoms with van der Waals surface area (Å²) in [6, 6.07) is 11.2. The Hall–Kier alpha value is -3.66. The van der Waals surface area contributed by atoms with E-state index in [1.54, 1.807) is 23.1 Å². The van der Waals surface area contributed by atoms with Gasteiger partial charge in [-0.3, -0.25) is 0 Å². The Morgan fingerprint density at radius 3 is 2.29 bits per heavy atom. The molecule has 1 aromatic heterocycles. The summed E-state index contributed by atoms with van der Waals surface area (Å²) in [4.78, 5) is 14.1. The highest BCUT2D eigenvalue weighted by molar-refractivity contribution is 7.89. The third kappa shape index (κ3) is 8.00. The molecule has 0 bridgehead atoms. The number of nitrogens with one attached hydrogen (secondary N) is 1. The van der Waals surface area contributed by atoms with Gasteiger partial charge < -0.3 is 15.0 Å². The van der Waals surface area contributed by atoms with E-state index in [0.717, 1.165) is 18.2 Å². The molecule has 1 saturated heterocycles. The number of rotatable bonds is 10. The van der Waals surface area contributed by atoms with Gasteiger partial charge in [-0.25, -0.2) is 8.42 Å². The number of ether oxygens (including phenoxy) is 1. The molecule has 0 amide bonds. The minimum absolute atomic E-state index is 0.0507. The van der Waals surface area contributed by atoms with Crippen LogP contribution in [0.5, 0.6) is 6.01 Å². The van der Waals surface area contributed by atoms with E-state index in [4.69, 9.17) is 4.74 Å². The normalized spacial score (nSPS) is 15.4. The van der Waals surface area contributed by atoms with Crippen LogP contribution in [0.1, 0.15) is 31.7 Å². The molecule has 228 valence electrons. The summed E-state index contributed by atoms with van der Waals surface area (Å²) in [5.41, 5.74) is -0.995. The van der Waals surface area contributed by atoms with Crippen LogP contribution in [0.4, 0.5) is 43.9 Å². The average Bonchev–Trinajstić information content (AvgIpc) is 2.94. The summed E-state index contributed by atoms with van der Waals surface area (Å²) in [7, 11) is -3.71. The zero-order valence-electron chi connectivity index (χ0n) is 22.4.